The van der Waals surface area contributed by atoms with Crippen LogP contribution in [-0.4, -0.2) is 44.1 Å². The number of halogens is 1. The SMILES string of the molecule is CCCCN(CCCl)CCOc1ccccc1OC. The van der Waals surface area contributed by atoms with Crippen LogP contribution in [0.5, 0.6) is 11.5 Å². The van der Waals surface area contributed by atoms with Crippen molar-refractivity contribution in [3.05, 3.63) is 24.3 Å². The van der Waals surface area contributed by atoms with Gasteiger partial charge >= 0.3 is 0 Å². The van der Waals surface area contributed by atoms with E-state index < -0.39 is 0 Å². The van der Waals surface area contributed by atoms with Crippen molar-refractivity contribution in [2.75, 3.05) is 39.2 Å². The summed E-state index contributed by atoms with van der Waals surface area (Å²) in [4.78, 5) is 2.34. The summed E-state index contributed by atoms with van der Waals surface area (Å²) in [6.07, 6.45) is 2.40. The van der Waals surface area contributed by atoms with Crippen LogP contribution in [-0.2, 0) is 0 Å². The summed E-state index contributed by atoms with van der Waals surface area (Å²) in [6, 6.07) is 7.72. The fraction of sp³-hybridized carbons (Fsp3) is 0.600. The number of hydrogen-bond donors (Lipinski definition) is 0. The molecule has 0 saturated carbocycles. The first kappa shape index (κ1) is 16.1. The van der Waals surface area contributed by atoms with Crippen molar-refractivity contribution in [1.29, 1.82) is 0 Å². The third-order valence-corrected chi connectivity index (χ3v) is 3.13. The van der Waals surface area contributed by atoms with E-state index in [-0.39, 0.29) is 0 Å². The zero-order valence-corrected chi connectivity index (χ0v) is 12.7. The van der Waals surface area contributed by atoms with E-state index in [1.54, 1.807) is 7.11 Å². The molecule has 0 fully saturated rings. The van der Waals surface area contributed by atoms with Gasteiger partial charge in [0.05, 0.1) is 7.11 Å². The normalized spacial score (nSPS) is 10.7. The maximum absolute atomic E-state index is 5.82. The van der Waals surface area contributed by atoms with Gasteiger partial charge in [-0.25, -0.2) is 0 Å². The predicted molar refractivity (Wildman–Crippen MR) is 80.6 cm³/mol. The molecule has 0 saturated heterocycles. The van der Waals surface area contributed by atoms with Gasteiger partial charge in [-0.05, 0) is 25.1 Å². The smallest absolute Gasteiger partial charge is 0.161 e. The molecule has 0 heterocycles. The number of hydrogen-bond acceptors (Lipinski definition) is 3. The summed E-state index contributed by atoms with van der Waals surface area (Å²) in [5.41, 5.74) is 0. The molecule has 0 bridgehead atoms. The Balaban J connectivity index is 2.38. The van der Waals surface area contributed by atoms with Gasteiger partial charge in [-0.15, -0.1) is 11.6 Å². The Labute approximate surface area is 121 Å². The molecular formula is C15H24ClNO2. The monoisotopic (exact) mass is 285 g/mol. The van der Waals surface area contributed by atoms with Gasteiger partial charge in [0.1, 0.15) is 6.61 Å². The molecule has 0 spiro atoms. The first-order valence-corrected chi connectivity index (χ1v) is 7.39. The van der Waals surface area contributed by atoms with Gasteiger partial charge in [-0.3, -0.25) is 4.90 Å². The Kier molecular flexibility index (Phi) is 8.43. The van der Waals surface area contributed by atoms with Crippen molar-refractivity contribution in [3.63, 3.8) is 0 Å². The van der Waals surface area contributed by atoms with E-state index in [2.05, 4.69) is 11.8 Å². The highest BCUT2D eigenvalue weighted by atomic mass is 35.5. The van der Waals surface area contributed by atoms with Gasteiger partial charge in [0.2, 0.25) is 0 Å². The summed E-state index contributed by atoms with van der Waals surface area (Å²) in [5, 5.41) is 0. The number of rotatable bonds is 10. The van der Waals surface area contributed by atoms with E-state index in [1.807, 2.05) is 24.3 Å². The number of ether oxygens (including phenoxy) is 2. The van der Waals surface area contributed by atoms with E-state index in [4.69, 9.17) is 21.1 Å². The zero-order chi connectivity index (χ0) is 13.9. The highest BCUT2D eigenvalue weighted by Crippen LogP contribution is 2.25. The molecule has 1 aromatic carbocycles. The molecule has 0 aromatic heterocycles. The van der Waals surface area contributed by atoms with Gasteiger partial charge in [0.15, 0.2) is 11.5 Å². The molecule has 19 heavy (non-hydrogen) atoms. The lowest BCUT2D eigenvalue weighted by molar-refractivity contribution is 0.209. The number of alkyl halides is 1. The van der Waals surface area contributed by atoms with E-state index in [9.17, 15) is 0 Å². The van der Waals surface area contributed by atoms with Crippen LogP contribution in [0, 0.1) is 0 Å². The zero-order valence-electron chi connectivity index (χ0n) is 11.9. The summed E-state index contributed by atoms with van der Waals surface area (Å²) >= 11 is 5.82. The van der Waals surface area contributed by atoms with Gasteiger partial charge in [0.25, 0.3) is 0 Å². The van der Waals surface area contributed by atoms with Crippen LogP contribution in [0.4, 0.5) is 0 Å². The highest BCUT2D eigenvalue weighted by Gasteiger charge is 2.06. The average Bonchev–Trinajstić information content (AvgIpc) is 2.45. The standard InChI is InChI=1S/C15H24ClNO2/c1-3-4-10-17(11-9-16)12-13-19-15-8-6-5-7-14(15)18-2/h5-8H,3-4,9-13H2,1-2H3. The maximum Gasteiger partial charge on any atom is 0.161 e. The summed E-state index contributed by atoms with van der Waals surface area (Å²) in [7, 11) is 1.66. The fourth-order valence-corrected chi connectivity index (χ4v) is 2.10. The van der Waals surface area contributed by atoms with Crippen LogP contribution in [0.25, 0.3) is 0 Å². The lowest BCUT2D eigenvalue weighted by Crippen LogP contribution is -2.31. The van der Waals surface area contributed by atoms with Gasteiger partial charge in [0, 0.05) is 19.0 Å². The number of nitrogens with zero attached hydrogens (tertiary/aromatic N) is 1. The van der Waals surface area contributed by atoms with Crippen molar-refractivity contribution < 1.29 is 9.47 Å². The lowest BCUT2D eigenvalue weighted by Gasteiger charge is -2.21. The molecule has 3 nitrogen and oxygen atoms in total. The van der Waals surface area contributed by atoms with Crippen LogP contribution in [0.3, 0.4) is 0 Å². The minimum absolute atomic E-state index is 0.654. The topological polar surface area (TPSA) is 21.7 Å². The van der Waals surface area contributed by atoms with Crippen molar-refractivity contribution in [2.24, 2.45) is 0 Å². The molecule has 0 atom stereocenters. The van der Waals surface area contributed by atoms with Crippen LogP contribution in [0.15, 0.2) is 24.3 Å². The van der Waals surface area contributed by atoms with Crippen LogP contribution in [0.2, 0.25) is 0 Å². The minimum atomic E-state index is 0.654. The number of methoxy groups -OCH3 is 1. The summed E-state index contributed by atoms with van der Waals surface area (Å²) in [5.74, 6) is 2.24. The van der Waals surface area contributed by atoms with Crippen molar-refractivity contribution in [1.82, 2.24) is 4.90 Å². The highest BCUT2D eigenvalue weighted by molar-refractivity contribution is 6.18. The summed E-state index contributed by atoms with van der Waals surface area (Å²) in [6.45, 7) is 5.74. The van der Waals surface area contributed by atoms with E-state index >= 15 is 0 Å². The molecule has 0 N–H and O–H groups in total. The van der Waals surface area contributed by atoms with E-state index in [0.717, 1.165) is 31.1 Å². The number of para-hydroxylation sites is 2. The lowest BCUT2D eigenvalue weighted by atomic mass is 10.3. The molecule has 0 unspecified atom stereocenters. The van der Waals surface area contributed by atoms with Gasteiger partial charge < -0.3 is 9.47 Å². The van der Waals surface area contributed by atoms with Gasteiger partial charge in [-0.1, -0.05) is 25.5 Å². The molecule has 4 heteroatoms. The average molecular weight is 286 g/mol. The molecule has 1 aromatic rings. The fourth-order valence-electron chi connectivity index (χ4n) is 1.86. The second-order valence-electron chi connectivity index (χ2n) is 4.38. The van der Waals surface area contributed by atoms with Crippen molar-refractivity contribution in [2.45, 2.75) is 19.8 Å². The van der Waals surface area contributed by atoms with Crippen LogP contribution < -0.4 is 9.47 Å². The van der Waals surface area contributed by atoms with Gasteiger partial charge in [-0.2, -0.15) is 0 Å². The molecule has 0 radical (unpaired) electrons. The van der Waals surface area contributed by atoms with E-state index in [0.29, 0.717) is 12.5 Å². The molecule has 0 aliphatic rings. The minimum Gasteiger partial charge on any atom is -0.493 e. The Morgan fingerprint density at radius 1 is 1.11 bits per heavy atom. The molecule has 0 aliphatic heterocycles. The first-order chi connectivity index (χ1) is 9.31. The second kappa shape index (κ2) is 9.93. The Hall–Kier alpha value is -0.930. The predicted octanol–water partition coefficient (Wildman–Crippen LogP) is 3.41. The Morgan fingerprint density at radius 3 is 2.47 bits per heavy atom. The molecular weight excluding hydrogens is 262 g/mol. The Bertz CT molecular complexity index is 347. The maximum atomic E-state index is 5.82. The third-order valence-electron chi connectivity index (χ3n) is 2.96. The summed E-state index contributed by atoms with van der Waals surface area (Å²) < 4.78 is 11.0. The van der Waals surface area contributed by atoms with E-state index in [1.165, 1.54) is 12.8 Å². The Morgan fingerprint density at radius 2 is 1.84 bits per heavy atom. The largest absolute Gasteiger partial charge is 0.493 e. The van der Waals surface area contributed by atoms with Crippen molar-refractivity contribution >= 4 is 11.6 Å². The quantitative estimate of drug-likeness (QED) is 0.615. The van der Waals surface area contributed by atoms with Crippen LogP contribution >= 0.6 is 11.6 Å². The molecule has 0 aliphatic carbocycles. The molecule has 1 rings (SSSR count). The second-order valence-corrected chi connectivity index (χ2v) is 4.76. The number of unbranched alkanes of at least 4 members (excludes halogenated alkanes) is 1. The van der Waals surface area contributed by atoms with Crippen LogP contribution in [0.1, 0.15) is 19.8 Å². The molecule has 0 amide bonds. The first-order valence-electron chi connectivity index (χ1n) is 6.86. The third kappa shape index (κ3) is 6.17. The van der Waals surface area contributed by atoms with Crippen molar-refractivity contribution in [3.8, 4) is 11.5 Å². The molecule has 108 valence electrons. The number of benzene rings is 1.